The topological polar surface area (TPSA) is 115 Å². The van der Waals surface area contributed by atoms with Crippen LogP contribution in [0.3, 0.4) is 0 Å². The van der Waals surface area contributed by atoms with Crippen LogP contribution in [0.5, 0.6) is 0 Å². The molecular formula is C30H35N7O4. The average Bonchev–Trinajstić information content (AvgIpc) is 3.65. The fourth-order valence-electron chi connectivity index (χ4n) is 6.75. The summed E-state index contributed by atoms with van der Waals surface area (Å²) in [5, 5.41) is 9.97. The Balaban J connectivity index is 1.15. The molecule has 0 bridgehead atoms. The van der Waals surface area contributed by atoms with Crippen LogP contribution in [0.2, 0.25) is 0 Å². The number of benzene rings is 1. The molecular weight excluding hydrogens is 522 g/mol. The number of carbonyl (C=O) groups excluding carboxylic acids is 1. The van der Waals surface area contributed by atoms with Gasteiger partial charge in [0.25, 0.3) is 5.56 Å². The number of amides is 3. The van der Waals surface area contributed by atoms with Crippen molar-refractivity contribution in [1.82, 2.24) is 24.3 Å². The van der Waals surface area contributed by atoms with Gasteiger partial charge in [0.1, 0.15) is 0 Å². The molecule has 3 aromatic rings. The summed E-state index contributed by atoms with van der Waals surface area (Å²) in [5.74, 6) is 0.518. The molecule has 6 rings (SSSR count). The highest BCUT2D eigenvalue weighted by Gasteiger charge is 2.56. The highest BCUT2D eigenvalue weighted by atomic mass is 16.4. The smallest absolute Gasteiger partial charge is 0.416 e. The van der Waals surface area contributed by atoms with Crippen LogP contribution in [0.4, 0.5) is 21.2 Å². The predicted molar refractivity (Wildman–Crippen MR) is 154 cm³/mol. The zero-order chi connectivity index (χ0) is 28.8. The number of anilines is 2. The molecule has 1 spiro atoms. The SMILES string of the molecule is Cc1cc(N2CCC(C)(c3ccccc3)C2)cc(=O)n1CCN1CC2(CCN(c3ncccn3)C2)N(C(=O)O)C1=O. The van der Waals surface area contributed by atoms with E-state index >= 15 is 0 Å². The first kappa shape index (κ1) is 26.8. The van der Waals surface area contributed by atoms with Crippen molar-refractivity contribution in [3.63, 3.8) is 0 Å². The van der Waals surface area contributed by atoms with E-state index in [0.717, 1.165) is 35.8 Å². The van der Waals surface area contributed by atoms with Gasteiger partial charge in [-0.15, -0.1) is 0 Å². The van der Waals surface area contributed by atoms with Crippen LogP contribution in [0.25, 0.3) is 0 Å². The van der Waals surface area contributed by atoms with Crippen molar-refractivity contribution < 1.29 is 14.7 Å². The highest BCUT2D eigenvalue weighted by Crippen LogP contribution is 2.37. The van der Waals surface area contributed by atoms with E-state index in [2.05, 4.69) is 46.1 Å². The Morgan fingerprint density at radius 2 is 1.66 bits per heavy atom. The summed E-state index contributed by atoms with van der Waals surface area (Å²) in [6.07, 6.45) is 3.52. The quantitative estimate of drug-likeness (QED) is 0.492. The van der Waals surface area contributed by atoms with Crippen LogP contribution < -0.4 is 15.4 Å². The number of carboxylic acid groups (broad SMARTS) is 1. The number of aromatic nitrogens is 3. The Morgan fingerprint density at radius 1 is 0.927 bits per heavy atom. The summed E-state index contributed by atoms with van der Waals surface area (Å²) in [5.41, 5.74) is 2.04. The van der Waals surface area contributed by atoms with Gasteiger partial charge in [-0.2, -0.15) is 0 Å². The maximum absolute atomic E-state index is 13.3. The third-order valence-corrected chi connectivity index (χ3v) is 9.00. The van der Waals surface area contributed by atoms with Crippen LogP contribution in [-0.4, -0.2) is 86.4 Å². The summed E-state index contributed by atoms with van der Waals surface area (Å²) in [6, 6.07) is 15.4. The minimum absolute atomic E-state index is 0.0224. The number of carbonyl (C=O) groups is 2. The predicted octanol–water partition coefficient (Wildman–Crippen LogP) is 3.18. The zero-order valence-electron chi connectivity index (χ0n) is 23.4. The number of nitrogens with zero attached hydrogens (tertiary/aromatic N) is 7. The van der Waals surface area contributed by atoms with E-state index in [1.54, 1.807) is 34.0 Å². The minimum atomic E-state index is -1.26. The number of hydrogen-bond acceptors (Lipinski definition) is 7. The van der Waals surface area contributed by atoms with Crippen molar-refractivity contribution >= 4 is 23.8 Å². The Kier molecular flexibility index (Phi) is 6.67. The van der Waals surface area contributed by atoms with Crippen molar-refractivity contribution in [2.24, 2.45) is 0 Å². The number of hydrogen-bond donors (Lipinski definition) is 1. The molecule has 0 radical (unpaired) electrons. The average molecular weight is 558 g/mol. The standard InChI is InChI=1S/C30H35N7O4/c1-22-17-24(33-13-9-29(2,19-33)23-7-4-3-5-8-23)18-25(38)36(22)16-15-35-21-30(37(27(35)39)28(40)41)10-14-34(20-30)26-31-11-6-12-32-26/h3-8,11-12,17-18H,9-10,13-16,19-21H2,1-2H3,(H,40,41). The molecule has 2 atom stereocenters. The molecule has 3 aliphatic rings. The number of urea groups is 1. The van der Waals surface area contributed by atoms with Gasteiger partial charge >= 0.3 is 12.1 Å². The molecule has 3 saturated heterocycles. The van der Waals surface area contributed by atoms with Crippen molar-refractivity contribution in [2.45, 2.75) is 44.2 Å². The molecule has 1 aromatic carbocycles. The molecule has 1 N–H and O–H groups in total. The van der Waals surface area contributed by atoms with Gasteiger partial charge in [-0.05, 0) is 37.5 Å². The van der Waals surface area contributed by atoms with Gasteiger partial charge in [-0.25, -0.2) is 24.5 Å². The van der Waals surface area contributed by atoms with Crippen LogP contribution >= 0.6 is 0 Å². The third-order valence-electron chi connectivity index (χ3n) is 9.00. The zero-order valence-corrected chi connectivity index (χ0v) is 23.4. The Hall–Kier alpha value is -4.41. The van der Waals surface area contributed by atoms with Gasteiger partial charge in [0, 0.05) is 81.1 Å². The normalized spacial score (nSPS) is 24.2. The van der Waals surface area contributed by atoms with Crippen LogP contribution in [0, 0.1) is 6.92 Å². The first-order valence-electron chi connectivity index (χ1n) is 14.1. The fourth-order valence-corrected chi connectivity index (χ4v) is 6.75. The second kappa shape index (κ2) is 10.2. The van der Waals surface area contributed by atoms with Gasteiger partial charge in [0.2, 0.25) is 5.95 Å². The summed E-state index contributed by atoms with van der Waals surface area (Å²) in [7, 11) is 0. The Labute approximate surface area is 238 Å². The van der Waals surface area contributed by atoms with E-state index in [1.807, 2.05) is 24.0 Å². The van der Waals surface area contributed by atoms with E-state index in [9.17, 15) is 19.5 Å². The Morgan fingerprint density at radius 3 is 2.37 bits per heavy atom. The lowest BCUT2D eigenvalue weighted by Gasteiger charge is -2.29. The van der Waals surface area contributed by atoms with Crippen LogP contribution in [-0.2, 0) is 12.0 Å². The Bertz CT molecular complexity index is 1510. The van der Waals surface area contributed by atoms with Crippen LogP contribution in [0.1, 0.15) is 31.0 Å². The largest absolute Gasteiger partial charge is 0.465 e. The fraction of sp³-hybridized carbons (Fsp3) is 0.433. The third kappa shape index (κ3) is 4.79. The maximum atomic E-state index is 13.3. The number of imide groups is 1. The summed E-state index contributed by atoms with van der Waals surface area (Å²) < 4.78 is 1.66. The second-order valence-corrected chi connectivity index (χ2v) is 11.7. The van der Waals surface area contributed by atoms with Crippen molar-refractivity contribution in [1.29, 1.82) is 0 Å². The van der Waals surface area contributed by atoms with Gasteiger partial charge in [-0.1, -0.05) is 37.3 Å². The number of rotatable bonds is 6. The van der Waals surface area contributed by atoms with Gasteiger partial charge < -0.3 is 24.4 Å². The van der Waals surface area contributed by atoms with Gasteiger partial charge in [-0.3, -0.25) is 4.79 Å². The lowest BCUT2D eigenvalue weighted by molar-refractivity contribution is 0.124. The lowest BCUT2D eigenvalue weighted by atomic mass is 9.82. The molecule has 3 fully saturated rings. The molecule has 2 unspecified atom stereocenters. The molecule has 41 heavy (non-hydrogen) atoms. The second-order valence-electron chi connectivity index (χ2n) is 11.7. The van der Waals surface area contributed by atoms with Gasteiger partial charge in [0.15, 0.2) is 0 Å². The lowest BCUT2D eigenvalue weighted by Crippen LogP contribution is -2.51. The molecule has 3 amide bonds. The first-order chi connectivity index (χ1) is 19.7. The summed E-state index contributed by atoms with van der Waals surface area (Å²) in [4.78, 5) is 54.0. The molecule has 2 aromatic heterocycles. The highest BCUT2D eigenvalue weighted by molar-refractivity contribution is 5.93. The molecule has 0 saturated carbocycles. The molecule has 11 heteroatoms. The molecule has 0 aliphatic carbocycles. The number of aryl methyl sites for hydroxylation is 1. The first-order valence-corrected chi connectivity index (χ1v) is 14.1. The van der Waals surface area contributed by atoms with Crippen molar-refractivity contribution in [3.05, 3.63) is 82.5 Å². The van der Waals surface area contributed by atoms with E-state index < -0.39 is 17.7 Å². The van der Waals surface area contributed by atoms with E-state index in [0.29, 0.717) is 25.5 Å². The van der Waals surface area contributed by atoms with Gasteiger partial charge in [0.05, 0.1) is 5.54 Å². The van der Waals surface area contributed by atoms with E-state index in [-0.39, 0.29) is 30.6 Å². The van der Waals surface area contributed by atoms with Crippen LogP contribution in [0.15, 0.2) is 65.7 Å². The molecule has 5 heterocycles. The molecule has 3 aliphatic heterocycles. The van der Waals surface area contributed by atoms with E-state index in [1.165, 1.54) is 5.56 Å². The number of pyridine rings is 1. The summed E-state index contributed by atoms with van der Waals surface area (Å²) >= 11 is 0. The van der Waals surface area contributed by atoms with E-state index in [4.69, 9.17) is 0 Å². The monoisotopic (exact) mass is 557 g/mol. The summed E-state index contributed by atoms with van der Waals surface area (Å²) in [6.45, 7) is 7.55. The maximum Gasteiger partial charge on any atom is 0.416 e. The van der Waals surface area contributed by atoms with Crippen molar-refractivity contribution in [3.8, 4) is 0 Å². The molecule has 11 nitrogen and oxygen atoms in total. The molecule has 214 valence electrons. The van der Waals surface area contributed by atoms with Crippen molar-refractivity contribution in [2.75, 3.05) is 49.1 Å². The minimum Gasteiger partial charge on any atom is -0.465 e.